The van der Waals surface area contributed by atoms with Crippen LogP contribution in [0.25, 0.3) is 16.9 Å². The number of hydrogen-bond acceptors (Lipinski definition) is 4. The van der Waals surface area contributed by atoms with Crippen molar-refractivity contribution in [1.29, 1.82) is 0 Å². The maximum Gasteiger partial charge on any atom is 0.301 e. The van der Waals surface area contributed by atoms with E-state index in [-0.39, 0.29) is 5.56 Å². The van der Waals surface area contributed by atoms with E-state index in [4.69, 9.17) is 0 Å². The molecule has 3 heterocycles. The summed E-state index contributed by atoms with van der Waals surface area (Å²) in [4.78, 5) is 22.5. The summed E-state index contributed by atoms with van der Waals surface area (Å²) >= 11 is 0. The van der Waals surface area contributed by atoms with Crippen molar-refractivity contribution >= 4 is 16.9 Å². The molecule has 3 aromatic rings. The Kier molecular flexibility index (Phi) is 1.13. The summed E-state index contributed by atoms with van der Waals surface area (Å²) in [5.41, 5.74) is 0.782. The van der Waals surface area contributed by atoms with Crippen molar-refractivity contribution in [3.8, 4) is 0 Å². The molecule has 0 amide bonds. The van der Waals surface area contributed by atoms with Crippen LogP contribution in [-0.4, -0.2) is 29.1 Å². The van der Waals surface area contributed by atoms with Crippen molar-refractivity contribution in [2.75, 3.05) is 0 Å². The molecule has 7 heteroatoms. The third-order valence-corrected chi connectivity index (χ3v) is 2.17. The molecule has 0 aliphatic rings. The summed E-state index contributed by atoms with van der Waals surface area (Å²) in [6, 6.07) is 0. The number of rotatable bonds is 0. The third kappa shape index (κ3) is 0.668. The number of aryl methyl sites for hydroxylation is 1. The number of aromatic amines is 1. The van der Waals surface area contributed by atoms with Gasteiger partial charge in [-0.25, -0.2) is 4.98 Å². The summed E-state index contributed by atoms with van der Waals surface area (Å²) in [5, 5.41) is 3.83. The van der Waals surface area contributed by atoms with Crippen LogP contribution in [0.15, 0.2) is 17.4 Å². The Morgan fingerprint density at radius 2 is 2.29 bits per heavy atom. The van der Waals surface area contributed by atoms with Crippen molar-refractivity contribution in [2.45, 2.75) is 0 Å². The van der Waals surface area contributed by atoms with Crippen LogP contribution in [0.2, 0.25) is 0 Å². The molecular weight excluding hydrogens is 184 g/mol. The van der Waals surface area contributed by atoms with Crippen LogP contribution in [0.3, 0.4) is 0 Å². The van der Waals surface area contributed by atoms with Gasteiger partial charge in [0.1, 0.15) is 6.33 Å². The summed E-state index contributed by atoms with van der Waals surface area (Å²) in [6.07, 6.45) is 2.82. The first-order valence-electron chi connectivity index (χ1n) is 4.01. The van der Waals surface area contributed by atoms with Gasteiger partial charge in [-0.15, -0.1) is 0 Å². The molecule has 7 nitrogen and oxygen atoms in total. The molecule has 70 valence electrons. The van der Waals surface area contributed by atoms with E-state index in [2.05, 4.69) is 20.1 Å². The smallest absolute Gasteiger partial charge is 0.301 e. The van der Waals surface area contributed by atoms with Crippen LogP contribution in [0.4, 0.5) is 0 Å². The van der Waals surface area contributed by atoms with Gasteiger partial charge in [0, 0.05) is 7.05 Å². The van der Waals surface area contributed by atoms with E-state index in [0.717, 1.165) is 0 Å². The Hall–Kier alpha value is -2.18. The van der Waals surface area contributed by atoms with Crippen molar-refractivity contribution in [2.24, 2.45) is 7.05 Å². The van der Waals surface area contributed by atoms with E-state index < -0.39 is 0 Å². The second-order valence-electron chi connectivity index (χ2n) is 2.94. The van der Waals surface area contributed by atoms with Gasteiger partial charge >= 0.3 is 5.56 Å². The Labute approximate surface area is 77.0 Å². The number of aromatic nitrogens is 6. The normalized spacial score (nSPS) is 11.5. The molecule has 0 aliphatic carbocycles. The minimum Gasteiger partial charge on any atom is -0.339 e. The van der Waals surface area contributed by atoms with Crippen LogP contribution >= 0.6 is 0 Å². The summed E-state index contributed by atoms with van der Waals surface area (Å²) < 4.78 is 2.95. The second-order valence-corrected chi connectivity index (χ2v) is 2.94. The second kappa shape index (κ2) is 2.19. The molecule has 0 unspecified atom stereocenters. The minimum absolute atomic E-state index is 0.233. The Balaban J connectivity index is 2.79. The molecular formula is C7H6N6O. The first-order chi connectivity index (χ1) is 6.79. The van der Waals surface area contributed by atoms with Crippen LogP contribution in [0.1, 0.15) is 0 Å². The molecule has 0 saturated heterocycles. The van der Waals surface area contributed by atoms with E-state index in [1.807, 2.05) is 0 Å². The van der Waals surface area contributed by atoms with Gasteiger partial charge in [-0.1, -0.05) is 0 Å². The maximum absolute atomic E-state index is 11.7. The lowest BCUT2D eigenvalue weighted by Crippen LogP contribution is -2.18. The van der Waals surface area contributed by atoms with Gasteiger partial charge in [-0.05, 0) is 0 Å². The Morgan fingerprint density at radius 3 is 3.14 bits per heavy atom. The van der Waals surface area contributed by atoms with Gasteiger partial charge in [0.05, 0.1) is 6.33 Å². The van der Waals surface area contributed by atoms with Gasteiger partial charge in [0.25, 0.3) is 0 Å². The molecule has 0 radical (unpaired) electrons. The SMILES string of the molecule is Cn1c2nc[nH]c2c(=O)n2ncnc12. The lowest BCUT2D eigenvalue weighted by molar-refractivity contribution is 0.845. The van der Waals surface area contributed by atoms with Gasteiger partial charge in [0.2, 0.25) is 5.78 Å². The fourth-order valence-electron chi connectivity index (χ4n) is 1.51. The predicted molar refractivity (Wildman–Crippen MR) is 47.9 cm³/mol. The van der Waals surface area contributed by atoms with Crippen LogP contribution < -0.4 is 5.56 Å². The summed E-state index contributed by atoms with van der Waals surface area (Å²) in [7, 11) is 1.78. The topological polar surface area (TPSA) is 80.9 Å². The van der Waals surface area contributed by atoms with Gasteiger partial charge in [-0.2, -0.15) is 14.6 Å². The average molecular weight is 190 g/mol. The predicted octanol–water partition coefficient (Wildman–Crippen LogP) is -0.696. The quantitative estimate of drug-likeness (QED) is 0.508. The van der Waals surface area contributed by atoms with E-state index in [9.17, 15) is 4.79 Å². The third-order valence-electron chi connectivity index (χ3n) is 2.17. The van der Waals surface area contributed by atoms with Crippen LogP contribution in [-0.2, 0) is 7.05 Å². The zero-order valence-electron chi connectivity index (χ0n) is 7.30. The molecule has 14 heavy (non-hydrogen) atoms. The molecule has 0 aromatic carbocycles. The fraction of sp³-hybridized carbons (Fsp3) is 0.143. The zero-order chi connectivity index (χ0) is 9.71. The lowest BCUT2D eigenvalue weighted by Gasteiger charge is -1.99. The molecule has 0 bridgehead atoms. The van der Waals surface area contributed by atoms with Gasteiger partial charge in [-0.3, -0.25) is 9.36 Å². The van der Waals surface area contributed by atoms with Crippen LogP contribution in [0, 0.1) is 0 Å². The monoisotopic (exact) mass is 190 g/mol. The largest absolute Gasteiger partial charge is 0.339 e. The summed E-state index contributed by atoms with van der Waals surface area (Å²) in [5.74, 6) is 0.481. The Bertz CT molecular complexity index is 619. The maximum atomic E-state index is 11.7. The number of fused-ring (bicyclic) bond motifs is 2. The number of imidazole rings is 1. The number of H-pyrrole nitrogens is 1. The van der Waals surface area contributed by atoms with Crippen molar-refractivity contribution in [3.63, 3.8) is 0 Å². The van der Waals surface area contributed by atoms with E-state index >= 15 is 0 Å². The van der Waals surface area contributed by atoms with Crippen molar-refractivity contribution in [1.82, 2.24) is 29.1 Å². The van der Waals surface area contributed by atoms with Crippen LogP contribution in [0.5, 0.6) is 0 Å². The van der Waals surface area contributed by atoms with E-state index in [1.54, 1.807) is 11.6 Å². The molecule has 3 rings (SSSR count). The molecule has 3 aromatic heterocycles. The zero-order valence-corrected chi connectivity index (χ0v) is 7.30. The first-order valence-corrected chi connectivity index (χ1v) is 4.01. The molecule has 0 fully saturated rings. The Morgan fingerprint density at radius 1 is 1.43 bits per heavy atom. The molecule has 0 spiro atoms. The standard InChI is InChI=1S/C7H6N6O/c1-12-5-4(8-2-9-5)6(14)13-7(12)10-3-11-13/h2-3H,1H3,(H,8,9). The molecule has 1 N–H and O–H groups in total. The van der Waals surface area contributed by atoms with E-state index in [0.29, 0.717) is 16.9 Å². The van der Waals surface area contributed by atoms with Gasteiger partial charge < -0.3 is 4.98 Å². The molecule has 0 aliphatic heterocycles. The first kappa shape index (κ1) is 7.25. The molecule has 0 atom stereocenters. The fourth-order valence-corrected chi connectivity index (χ4v) is 1.51. The minimum atomic E-state index is -0.233. The van der Waals surface area contributed by atoms with Crippen molar-refractivity contribution < 1.29 is 0 Å². The number of nitrogens with zero attached hydrogens (tertiary/aromatic N) is 5. The summed E-state index contributed by atoms with van der Waals surface area (Å²) in [6.45, 7) is 0. The highest BCUT2D eigenvalue weighted by atomic mass is 16.1. The number of hydrogen-bond donors (Lipinski definition) is 1. The highest BCUT2D eigenvalue weighted by Gasteiger charge is 2.10. The average Bonchev–Trinajstić information content (AvgIpc) is 2.82. The van der Waals surface area contributed by atoms with E-state index in [1.165, 1.54) is 17.2 Å². The van der Waals surface area contributed by atoms with Gasteiger partial charge in [0.15, 0.2) is 11.2 Å². The highest BCUT2D eigenvalue weighted by molar-refractivity contribution is 5.71. The molecule has 0 saturated carbocycles. The highest BCUT2D eigenvalue weighted by Crippen LogP contribution is 2.04. The number of nitrogens with one attached hydrogen (secondary N) is 1. The van der Waals surface area contributed by atoms with Crippen molar-refractivity contribution in [3.05, 3.63) is 23.0 Å². The lowest BCUT2D eigenvalue weighted by atomic mass is 10.5.